The van der Waals surface area contributed by atoms with Crippen LogP contribution in [0.3, 0.4) is 0 Å². The van der Waals surface area contributed by atoms with E-state index in [-0.39, 0.29) is 17.8 Å². The number of fused-ring (bicyclic) bond motifs is 1. The minimum absolute atomic E-state index is 0.00182. The number of aromatic nitrogens is 2. The molecule has 0 bridgehead atoms. The molecule has 4 rings (SSSR count). The molecule has 0 aliphatic carbocycles. The molecule has 1 aliphatic heterocycles. The summed E-state index contributed by atoms with van der Waals surface area (Å²) in [6, 6.07) is 6.15. The van der Waals surface area contributed by atoms with Crippen LogP contribution in [-0.2, 0) is 27.6 Å². The molecule has 0 saturated carbocycles. The number of halogens is 5. The zero-order valence-corrected chi connectivity index (χ0v) is 20.8. The Bertz CT molecular complexity index is 1530. The first-order valence-corrected chi connectivity index (χ1v) is 12.1. The average Bonchev–Trinajstić information content (AvgIpc) is 3.37. The van der Waals surface area contributed by atoms with E-state index >= 15 is 0 Å². The Balaban J connectivity index is 0.000000559. The highest BCUT2D eigenvalue weighted by molar-refractivity contribution is 7.98. The average molecular weight is 587 g/mol. The summed E-state index contributed by atoms with van der Waals surface area (Å²) in [7, 11) is 0. The van der Waals surface area contributed by atoms with Crippen LogP contribution in [0, 0.1) is 11.6 Å². The van der Waals surface area contributed by atoms with Gasteiger partial charge in [0.15, 0.2) is 0 Å². The Morgan fingerprint density at radius 1 is 1.07 bits per heavy atom. The number of amides is 1. The van der Waals surface area contributed by atoms with Crippen molar-refractivity contribution in [3.8, 4) is 17.0 Å². The predicted octanol–water partition coefficient (Wildman–Crippen LogP) is 3.14. The van der Waals surface area contributed by atoms with Crippen molar-refractivity contribution in [2.24, 2.45) is 0 Å². The van der Waals surface area contributed by atoms with Gasteiger partial charge in [0.1, 0.15) is 29.5 Å². The number of aliphatic carboxylic acids is 2. The van der Waals surface area contributed by atoms with E-state index in [1.165, 1.54) is 28.6 Å². The lowest BCUT2D eigenvalue weighted by atomic mass is 10.1. The maximum absolute atomic E-state index is 14.0. The number of rotatable bonds is 6. The number of hydrogen-bond donors (Lipinski definition) is 4. The van der Waals surface area contributed by atoms with Crippen LogP contribution >= 0.6 is 11.8 Å². The maximum Gasteiger partial charge on any atom is 0.490 e. The Hall–Kier alpha value is -4.47. The van der Waals surface area contributed by atoms with Gasteiger partial charge < -0.3 is 25.2 Å². The molecule has 1 amide bonds. The van der Waals surface area contributed by atoms with Gasteiger partial charge in [0.2, 0.25) is 0 Å². The second kappa shape index (κ2) is 12.1. The zero-order chi connectivity index (χ0) is 29.8. The highest BCUT2D eigenvalue weighted by atomic mass is 32.2. The monoisotopic (exact) mass is 587 g/mol. The topological polar surface area (TPSA) is 159 Å². The number of nitrogens with zero attached hydrogens (tertiary/aromatic N) is 2. The minimum Gasteiger partial charge on any atom is -0.507 e. The molecule has 16 heteroatoms. The fourth-order valence-corrected chi connectivity index (χ4v) is 4.68. The van der Waals surface area contributed by atoms with Gasteiger partial charge in [-0.25, -0.2) is 13.6 Å². The van der Waals surface area contributed by atoms with Gasteiger partial charge >= 0.3 is 18.1 Å². The van der Waals surface area contributed by atoms with E-state index in [4.69, 9.17) is 15.0 Å². The molecule has 1 aromatic carbocycles. The highest BCUT2D eigenvalue weighted by Crippen LogP contribution is 2.36. The molecule has 212 valence electrons. The van der Waals surface area contributed by atoms with Crippen LogP contribution in [-0.4, -0.2) is 55.4 Å². The Morgan fingerprint density at radius 2 is 1.75 bits per heavy atom. The van der Waals surface area contributed by atoms with Crippen molar-refractivity contribution in [2.45, 2.75) is 24.2 Å². The van der Waals surface area contributed by atoms with Gasteiger partial charge in [0.25, 0.3) is 11.5 Å². The van der Waals surface area contributed by atoms with Crippen molar-refractivity contribution in [3.63, 3.8) is 0 Å². The van der Waals surface area contributed by atoms with Gasteiger partial charge in [-0.3, -0.25) is 19.4 Å². The molecular formula is C24H18F5N3O7S. The quantitative estimate of drug-likeness (QED) is 0.318. The van der Waals surface area contributed by atoms with Crippen molar-refractivity contribution in [1.29, 1.82) is 0 Å². The normalized spacial score (nSPS) is 12.2. The van der Waals surface area contributed by atoms with Gasteiger partial charge in [0.05, 0.1) is 12.2 Å². The molecule has 0 atom stereocenters. The zero-order valence-electron chi connectivity index (χ0n) is 20.0. The van der Waals surface area contributed by atoms with Gasteiger partial charge in [0, 0.05) is 34.5 Å². The lowest BCUT2D eigenvalue weighted by Gasteiger charge is -2.16. The molecule has 3 heterocycles. The molecular weight excluding hydrogens is 569 g/mol. The second-order valence-corrected chi connectivity index (χ2v) is 9.07. The molecule has 0 saturated heterocycles. The molecule has 2 aromatic heterocycles. The molecule has 3 aromatic rings. The maximum atomic E-state index is 14.0. The highest BCUT2D eigenvalue weighted by Gasteiger charge is 2.38. The van der Waals surface area contributed by atoms with E-state index in [1.54, 1.807) is 6.07 Å². The SMILES string of the molecule is O=C(O)C(F)(F)F.O=C(O)CNC(=O)c1c(O)c2c(n(Cc3ccc(-c4cc(F)ccc4F)nc3)c1=O)CSC2. The summed E-state index contributed by atoms with van der Waals surface area (Å²) in [5, 5.41) is 28.5. The van der Waals surface area contributed by atoms with Gasteiger partial charge in [-0.2, -0.15) is 24.9 Å². The standard InChI is InChI=1S/C22H17F2N3O5S.C2HF3O2/c23-12-2-3-15(24)13(5-12)16-4-1-11(6-25-16)8-27-17-10-33-9-14(17)20(30)19(22(27)32)21(31)26-7-18(28)29;3-2(4,5)1(6)7/h1-6,30H,7-10H2,(H,26,31)(H,28,29);(H,6,7). The molecule has 0 radical (unpaired) electrons. The van der Waals surface area contributed by atoms with E-state index in [0.29, 0.717) is 28.3 Å². The second-order valence-electron chi connectivity index (χ2n) is 8.09. The molecule has 0 fully saturated rings. The Morgan fingerprint density at radius 3 is 2.33 bits per heavy atom. The lowest BCUT2D eigenvalue weighted by Crippen LogP contribution is -2.37. The van der Waals surface area contributed by atoms with Crippen LogP contribution in [0.5, 0.6) is 5.75 Å². The van der Waals surface area contributed by atoms with Gasteiger partial charge in [-0.15, -0.1) is 0 Å². The van der Waals surface area contributed by atoms with E-state index in [1.807, 2.05) is 0 Å². The van der Waals surface area contributed by atoms with Crippen molar-refractivity contribution >= 4 is 29.6 Å². The summed E-state index contributed by atoms with van der Waals surface area (Å²) in [5.74, 6) is -5.88. The fourth-order valence-electron chi connectivity index (χ4n) is 3.55. The number of benzene rings is 1. The van der Waals surface area contributed by atoms with Crippen molar-refractivity contribution in [1.82, 2.24) is 14.9 Å². The fraction of sp³-hybridized carbons (Fsp3) is 0.208. The number of carboxylic acid groups (broad SMARTS) is 2. The molecule has 1 aliphatic rings. The number of pyridine rings is 2. The number of carbonyl (C=O) groups excluding carboxylic acids is 1. The Kier molecular flexibility index (Phi) is 9.13. The first kappa shape index (κ1) is 30.1. The molecule has 0 unspecified atom stereocenters. The molecule has 4 N–H and O–H groups in total. The number of aromatic hydroxyl groups is 1. The molecule has 40 heavy (non-hydrogen) atoms. The summed E-state index contributed by atoms with van der Waals surface area (Å²) >= 11 is 1.45. The summed E-state index contributed by atoms with van der Waals surface area (Å²) in [6.45, 7) is -0.689. The third-order valence-corrected chi connectivity index (χ3v) is 6.35. The van der Waals surface area contributed by atoms with E-state index in [2.05, 4.69) is 10.3 Å². The molecule has 10 nitrogen and oxygen atoms in total. The summed E-state index contributed by atoms with van der Waals surface area (Å²) in [6.07, 6.45) is -3.67. The van der Waals surface area contributed by atoms with Crippen molar-refractivity contribution < 1.29 is 51.7 Å². The summed E-state index contributed by atoms with van der Waals surface area (Å²) < 4.78 is 60.6. The van der Waals surface area contributed by atoms with Crippen LogP contribution in [0.4, 0.5) is 22.0 Å². The Labute approximate surface area is 225 Å². The van der Waals surface area contributed by atoms with Crippen LogP contribution < -0.4 is 10.9 Å². The van der Waals surface area contributed by atoms with Crippen LogP contribution in [0.2, 0.25) is 0 Å². The van der Waals surface area contributed by atoms with E-state index in [9.17, 15) is 41.4 Å². The number of hydrogen-bond acceptors (Lipinski definition) is 7. The third-order valence-electron chi connectivity index (χ3n) is 5.38. The van der Waals surface area contributed by atoms with Gasteiger partial charge in [-0.1, -0.05) is 6.07 Å². The largest absolute Gasteiger partial charge is 0.507 e. The number of carbonyl (C=O) groups is 3. The van der Waals surface area contributed by atoms with Crippen LogP contribution in [0.25, 0.3) is 11.3 Å². The number of thioether (sulfide) groups is 1. The third kappa shape index (κ3) is 6.93. The first-order valence-electron chi connectivity index (χ1n) is 11.0. The van der Waals surface area contributed by atoms with Crippen molar-refractivity contribution in [3.05, 3.63) is 80.9 Å². The van der Waals surface area contributed by atoms with E-state index < -0.39 is 59.1 Å². The van der Waals surface area contributed by atoms with Crippen LogP contribution in [0.15, 0.2) is 41.3 Å². The number of alkyl halides is 3. The van der Waals surface area contributed by atoms with Gasteiger partial charge in [-0.05, 0) is 29.8 Å². The van der Waals surface area contributed by atoms with Crippen LogP contribution in [0.1, 0.15) is 27.2 Å². The smallest absolute Gasteiger partial charge is 0.490 e. The summed E-state index contributed by atoms with van der Waals surface area (Å²) in [4.78, 5) is 49.3. The predicted molar refractivity (Wildman–Crippen MR) is 130 cm³/mol. The molecule has 0 spiro atoms. The van der Waals surface area contributed by atoms with E-state index in [0.717, 1.165) is 18.2 Å². The van der Waals surface area contributed by atoms with Crippen molar-refractivity contribution in [2.75, 3.05) is 6.54 Å². The lowest BCUT2D eigenvalue weighted by molar-refractivity contribution is -0.192. The summed E-state index contributed by atoms with van der Waals surface area (Å²) in [5.41, 5.74) is 0.463. The first-order chi connectivity index (χ1) is 18.7. The number of nitrogens with one attached hydrogen (secondary N) is 1. The minimum atomic E-state index is -5.08. The number of carboxylic acids is 2.